The summed E-state index contributed by atoms with van der Waals surface area (Å²) >= 11 is 0. The first-order chi connectivity index (χ1) is 10.1. The number of H-pyrrole nitrogens is 1. The number of aromatic amines is 1. The van der Waals surface area contributed by atoms with Crippen molar-refractivity contribution in [1.82, 2.24) is 20.2 Å². The summed E-state index contributed by atoms with van der Waals surface area (Å²) in [5.41, 5.74) is 4.29. The molecule has 0 spiro atoms. The van der Waals surface area contributed by atoms with E-state index in [-0.39, 0.29) is 0 Å². The normalized spacial score (nSPS) is 10.9. The molecule has 108 valence electrons. The summed E-state index contributed by atoms with van der Waals surface area (Å²) in [7, 11) is 3.81. The summed E-state index contributed by atoms with van der Waals surface area (Å²) in [6.45, 7) is 4.19. The third kappa shape index (κ3) is 2.29. The predicted molar refractivity (Wildman–Crippen MR) is 85.2 cm³/mol. The van der Waals surface area contributed by atoms with Crippen LogP contribution in [0.2, 0.25) is 0 Å². The van der Waals surface area contributed by atoms with Gasteiger partial charge in [0.25, 0.3) is 0 Å². The average Bonchev–Trinajstić information content (AvgIpc) is 2.93. The van der Waals surface area contributed by atoms with Crippen LogP contribution in [0.15, 0.2) is 24.4 Å². The molecule has 0 saturated heterocycles. The van der Waals surface area contributed by atoms with Crippen molar-refractivity contribution < 1.29 is 0 Å². The van der Waals surface area contributed by atoms with Gasteiger partial charge in [-0.05, 0) is 25.5 Å². The second-order valence-corrected chi connectivity index (χ2v) is 5.10. The van der Waals surface area contributed by atoms with Gasteiger partial charge in [0.15, 0.2) is 5.65 Å². The molecule has 0 unspecified atom stereocenters. The Hall–Kier alpha value is -2.63. The Kier molecular flexibility index (Phi) is 3.21. The van der Waals surface area contributed by atoms with Crippen LogP contribution in [0.25, 0.3) is 11.0 Å². The molecule has 0 saturated carbocycles. The highest BCUT2D eigenvalue weighted by atomic mass is 15.2. The lowest BCUT2D eigenvalue weighted by Gasteiger charge is -2.21. The van der Waals surface area contributed by atoms with E-state index in [2.05, 4.69) is 62.4 Å². The van der Waals surface area contributed by atoms with Gasteiger partial charge in [0, 0.05) is 19.8 Å². The first-order valence-electron chi connectivity index (χ1n) is 6.80. The Morgan fingerprint density at radius 2 is 2.00 bits per heavy atom. The van der Waals surface area contributed by atoms with Crippen LogP contribution in [-0.4, -0.2) is 34.3 Å². The third-order valence-corrected chi connectivity index (χ3v) is 3.54. The molecule has 1 aromatic carbocycles. The van der Waals surface area contributed by atoms with Crippen molar-refractivity contribution in [1.29, 1.82) is 0 Å². The molecule has 0 aliphatic rings. The predicted octanol–water partition coefficient (Wildman–Crippen LogP) is 2.78. The summed E-state index contributed by atoms with van der Waals surface area (Å²) < 4.78 is 0. The number of anilines is 3. The molecule has 6 nitrogen and oxygen atoms in total. The van der Waals surface area contributed by atoms with Gasteiger partial charge in [-0.1, -0.05) is 17.7 Å². The molecule has 3 aromatic rings. The number of rotatable bonds is 3. The van der Waals surface area contributed by atoms with Gasteiger partial charge in [0.2, 0.25) is 5.95 Å². The van der Waals surface area contributed by atoms with Gasteiger partial charge in [0.05, 0.1) is 11.6 Å². The van der Waals surface area contributed by atoms with Crippen molar-refractivity contribution in [2.75, 3.05) is 24.3 Å². The summed E-state index contributed by atoms with van der Waals surface area (Å²) in [6.07, 6.45) is 1.75. The van der Waals surface area contributed by atoms with Gasteiger partial charge in [-0.15, -0.1) is 0 Å². The van der Waals surface area contributed by atoms with E-state index >= 15 is 0 Å². The molecule has 0 amide bonds. The first kappa shape index (κ1) is 13.4. The van der Waals surface area contributed by atoms with Gasteiger partial charge in [-0.2, -0.15) is 15.1 Å². The van der Waals surface area contributed by atoms with Gasteiger partial charge in [0.1, 0.15) is 5.82 Å². The van der Waals surface area contributed by atoms with Crippen LogP contribution >= 0.6 is 0 Å². The summed E-state index contributed by atoms with van der Waals surface area (Å²) in [5, 5.41) is 10.8. The molecule has 21 heavy (non-hydrogen) atoms. The number of hydrogen-bond acceptors (Lipinski definition) is 5. The van der Waals surface area contributed by atoms with E-state index < -0.39 is 0 Å². The van der Waals surface area contributed by atoms with Crippen LogP contribution in [0.4, 0.5) is 17.5 Å². The van der Waals surface area contributed by atoms with Gasteiger partial charge in [-0.25, -0.2) is 0 Å². The molecule has 0 aliphatic carbocycles. The maximum atomic E-state index is 4.58. The number of nitrogens with zero attached hydrogens (tertiary/aromatic N) is 4. The number of aryl methyl sites for hydroxylation is 2. The number of benzene rings is 1. The summed E-state index contributed by atoms with van der Waals surface area (Å²) in [5.74, 6) is 1.39. The molecular formula is C15H18N6. The molecule has 6 heteroatoms. The lowest BCUT2D eigenvalue weighted by molar-refractivity contribution is 1.07. The lowest BCUT2D eigenvalue weighted by Crippen LogP contribution is -2.14. The minimum atomic E-state index is 0.568. The lowest BCUT2D eigenvalue weighted by atomic mass is 10.1. The average molecular weight is 282 g/mol. The zero-order valence-corrected chi connectivity index (χ0v) is 12.6. The molecule has 3 rings (SSSR count). The second-order valence-electron chi connectivity index (χ2n) is 5.10. The molecule has 0 bridgehead atoms. The Labute approximate surface area is 123 Å². The standard InChI is InChI=1S/C15H18N6/c1-9-5-6-12(10(2)7-9)21(4)14-11-8-17-20-13(11)18-15(16-3)19-14/h5-8H,1-4H3,(H2,16,17,18,19,20). The number of hydrogen-bond donors (Lipinski definition) is 2. The van der Waals surface area contributed by atoms with Crippen molar-refractivity contribution in [3.05, 3.63) is 35.5 Å². The number of nitrogens with one attached hydrogen (secondary N) is 2. The first-order valence-corrected chi connectivity index (χ1v) is 6.80. The molecule has 0 atom stereocenters. The summed E-state index contributed by atoms with van der Waals surface area (Å²) in [4.78, 5) is 11.0. The Morgan fingerprint density at radius 3 is 2.71 bits per heavy atom. The largest absolute Gasteiger partial charge is 0.357 e. The Balaban J connectivity index is 2.16. The summed E-state index contributed by atoms with van der Waals surface area (Å²) in [6, 6.07) is 6.38. The smallest absolute Gasteiger partial charge is 0.226 e. The molecule has 2 aromatic heterocycles. The van der Waals surface area contributed by atoms with Gasteiger partial charge in [-0.3, -0.25) is 5.10 Å². The van der Waals surface area contributed by atoms with Crippen LogP contribution < -0.4 is 10.2 Å². The quantitative estimate of drug-likeness (QED) is 0.773. The maximum absolute atomic E-state index is 4.58. The second kappa shape index (κ2) is 5.05. The fourth-order valence-electron chi connectivity index (χ4n) is 2.48. The fraction of sp³-hybridized carbons (Fsp3) is 0.267. The minimum absolute atomic E-state index is 0.568. The highest BCUT2D eigenvalue weighted by molar-refractivity contribution is 5.90. The Morgan fingerprint density at radius 1 is 1.19 bits per heavy atom. The third-order valence-electron chi connectivity index (χ3n) is 3.54. The van der Waals surface area contributed by atoms with Gasteiger partial charge >= 0.3 is 0 Å². The zero-order valence-electron chi connectivity index (χ0n) is 12.6. The van der Waals surface area contributed by atoms with Crippen molar-refractivity contribution >= 4 is 28.5 Å². The maximum Gasteiger partial charge on any atom is 0.226 e. The van der Waals surface area contributed by atoms with E-state index in [1.54, 1.807) is 13.2 Å². The number of aromatic nitrogens is 4. The molecular weight excluding hydrogens is 264 g/mol. The van der Waals surface area contributed by atoms with Crippen molar-refractivity contribution in [3.8, 4) is 0 Å². The van der Waals surface area contributed by atoms with Crippen LogP contribution in [0.3, 0.4) is 0 Å². The van der Waals surface area contributed by atoms with E-state index in [9.17, 15) is 0 Å². The number of fused-ring (bicyclic) bond motifs is 1. The van der Waals surface area contributed by atoms with Crippen molar-refractivity contribution in [3.63, 3.8) is 0 Å². The highest BCUT2D eigenvalue weighted by Gasteiger charge is 2.15. The molecule has 2 N–H and O–H groups in total. The van der Waals surface area contributed by atoms with Crippen LogP contribution in [0.1, 0.15) is 11.1 Å². The van der Waals surface area contributed by atoms with Crippen LogP contribution in [-0.2, 0) is 0 Å². The SMILES string of the molecule is CNc1nc(N(C)c2ccc(C)cc2C)c2cn[nH]c2n1. The van der Waals surface area contributed by atoms with Gasteiger partial charge < -0.3 is 10.2 Å². The molecule has 0 aliphatic heterocycles. The van der Waals surface area contributed by atoms with E-state index in [1.165, 1.54) is 11.1 Å². The van der Waals surface area contributed by atoms with Crippen LogP contribution in [0.5, 0.6) is 0 Å². The van der Waals surface area contributed by atoms with E-state index in [0.717, 1.165) is 22.5 Å². The van der Waals surface area contributed by atoms with E-state index in [1.807, 2.05) is 7.05 Å². The fourth-order valence-corrected chi connectivity index (χ4v) is 2.48. The topological polar surface area (TPSA) is 69.7 Å². The minimum Gasteiger partial charge on any atom is -0.357 e. The van der Waals surface area contributed by atoms with E-state index in [0.29, 0.717) is 5.95 Å². The van der Waals surface area contributed by atoms with Crippen LogP contribution in [0, 0.1) is 13.8 Å². The monoisotopic (exact) mass is 282 g/mol. The van der Waals surface area contributed by atoms with Crippen molar-refractivity contribution in [2.45, 2.75) is 13.8 Å². The Bertz CT molecular complexity index is 792. The molecule has 0 radical (unpaired) electrons. The molecule has 2 heterocycles. The van der Waals surface area contributed by atoms with Crippen molar-refractivity contribution in [2.24, 2.45) is 0 Å². The highest BCUT2D eigenvalue weighted by Crippen LogP contribution is 2.31. The van der Waals surface area contributed by atoms with E-state index in [4.69, 9.17) is 0 Å². The molecule has 0 fully saturated rings. The zero-order chi connectivity index (χ0) is 15.0.